The first-order chi connectivity index (χ1) is 8.34. The summed E-state index contributed by atoms with van der Waals surface area (Å²) in [5.41, 5.74) is -1.22. The molecule has 0 spiro atoms. The molecule has 0 amide bonds. The fraction of sp³-hybridized carbons (Fsp3) is 0.583. The number of ether oxygens (including phenoxy) is 1. The number of ketones is 1. The van der Waals surface area contributed by atoms with Crippen LogP contribution in [-0.2, 0) is 16.7 Å². The lowest BCUT2D eigenvalue weighted by atomic mass is 9.93. The summed E-state index contributed by atoms with van der Waals surface area (Å²) in [5, 5.41) is 9.73. The van der Waals surface area contributed by atoms with Crippen LogP contribution < -0.4 is 5.56 Å². The number of aromatic hydroxyl groups is 1. The Kier molecular flexibility index (Phi) is 2.98. The van der Waals surface area contributed by atoms with Crippen LogP contribution in [0.25, 0.3) is 0 Å². The van der Waals surface area contributed by atoms with Gasteiger partial charge < -0.3 is 9.84 Å². The monoisotopic (exact) mass is 252 g/mol. The van der Waals surface area contributed by atoms with E-state index in [1.54, 1.807) is 0 Å². The van der Waals surface area contributed by atoms with Crippen LogP contribution in [0.3, 0.4) is 0 Å². The van der Waals surface area contributed by atoms with Crippen molar-refractivity contribution in [3.63, 3.8) is 0 Å². The van der Waals surface area contributed by atoms with E-state index >= 15 is 0 Å². The minimum absolute atomic E-state index is 0.166. The quantitative estimate of drug-likeness (QED) is 0.734. The van der Waals surface area contributed by atoms with E-state index in [0.29, 0.717) is 25.6 Å². The highest BCUT2D eigenvalue weighted by atomic mass is 16.5. The first-order valence-electron chi connectivity index (χ1n) is 5.77. The number of carbonyl (C=O) groups is 1. The lowest BCUT2D eigenvalue weighted by Gasteiger charge is -2.23. The number of fused-ring (bicyclic) bond motifs is 1. The van der Waals surface area contributed by atoms with Gasteiger partial charge in [-0.25, -0.2) is 4.98 Å². The van der Waals surface area contributed by atoms with Crippen LogP contribution >= 0.6 is 0 Å². The summed E-state index contributed by atoms with van der Waals surface area (Å²) in [5.74, 6) is -0.522. The molecule has 0 aromatic carbocycles. The van der Waals surface area contributed by atoms with Gasteiger partial charge in [0.1, 0.15) is 5.82 Å². The van der Waals surface area contributed by atoms with Gasteiger partial charge in [-0.3, -0.25) is 14.2 Å². The van der Waals surface area contributed by atoms with Crippen molar-refractivity contribution in [1.29, 1.82) is 0 Å². The molecule has 6 heteroatoms. The molecule has 0 aliphatic carbocycles. The first kappa shape index (κ1) is 12.8. The average Bonchev–Trinajstić information content (AvgIpc) is 2.42. The van der Waals surface area contributed by atoms with Gasteiger partial charge in [-0.2, -0.15) is 0 Å². The van der Waals surface area contributed by atoms with E-state index in [9.17, 15) is 14.7 Å². The second-order valence-corrected chi connectivity index (χ2v) is 5.08. The van der Waals surface area contributed by atoms with E-state index in [1.165, 1.54) is 11.5 Å². The maximum Gasteiger partial charge on any atom is 0.296 e. The summed E-state index contributed by atoms with van der Waals surface area (Å²) < 4.78 is 6.80. The van der Waals surface area contributed by atoms with E-state index in [2.05, 4.69) is 4.98 Å². The maximum atomic E-state index is 12.0. The Morgan fingerprint density at radius 1 is 1.50 bits per heavy atom. The van der Waals surface area contributed by atoms with Gasteiger partial charge in [0.05, 0.1) is 19.8 Å². The maximum absolute atomic E-state index is 12.0. The van der Waals surface area contributed by atoms with Gasteiger partial charge in [-0.1, -0.05) is 13.8 Å². The van der Waals surface area contributed by atoms with Crippen molar-refractivity contribution in [3.8, 4) is 5.75 Å². The number of carbonyl (C=O) groups excluding carboxylic acids is 1. The third kappa shape index (κ3) is 1.92. The third-order valence-corrected chi connectivity index (χ3v) is 3.01. The molecular formula is C12H16N2O4. The van der Waals surface area contributed by atoms with E-state index in [1.807, 2.05) is 13.8 Å². The molecule has 1 aromatic heterocycles. The van der Waals surface area contributed by atoms with Crippen LogP contribution in [0.2, 0.25) is 0 Å². The Bertz CT molecular complexity index is 560. The molecule has 2 heterocycles. The van der Waals surface area contributed by atoms with E-state index in [4.69, 9.17) is 4.74 Å². The fourth-order valence-corrected chi connectivity index (χ4v) is 2.06. The molecule has 0 radical (unpaired) electrons. The molecule has 0 bridgehead atoms. The van der Waals surface area contributed by atoms with Gasteiger partial charge in [-0.05, 0) is 0 Å². The highest BCUT2D eigenvalue weighted by Crippen LogP contribution is 2.25. The Balaban J connectivity index is 2.77. The van der Waals surface area contributed by atoms with Gasteiger partial charge in [0.2, 0.25) is 5.75 Å². The lowest BCUT2D eigenvalue weighted by Crippen LogP contribution is -2.34. The van der Waals surface area contributed by atoms with Gasteiger partial charge in [0.15, 0.2) is 11.5 Å². The Hall–Kier alpha value is -1.69. The molecule has 1 aliphatic rings. The van der Waals surface area contributed by atoms with Crippen molar-refractivity contribution in [3.05, 3.63) is 21.9 Å². The molecule has 6 nitrogen and oxygen atoms in total. The molecule has 1 aromatic rings. The summed E-state index contributed by atoms with van der Waals surface area (Å²) in [4.78, 5) is 27.6. The van der Waals surface area contributed by atoms with E-state index in [0.717, 1.165) is 0 Å². The van der Waals surface area contributed by atoms with Crippen molar-refractivity contribution in [2.24, 2.45) is 0 Å². The zero-order valence-corrected chi connectivity index (χ0v) is 10.7. The normalized spacial score (nSPS) is 17.9. The molecule has 0 saturated carbocycles. The molecule has 1 N–H and O–H groups in total. The fourth-order valence-electron chi connectivity index (χ4n) is 2.06. The van der Waals surface area contributed by atoms with E-state index < -0.39 is 22.5 Å². The Morgan fingerprint density at radius 2 is 2.17 bits per heavy atom. The number of hydrogen-bond acceptors (Lipinski definition) is 5. The SMILES string of the molecule is CC(=O)c1nc2n(c(=O)c1O)CCOCC2(C)C. The number of aromatic nitrogens is 2. The van der Waals surface area contributed by atoms with Crippen LogP contribution in [0.4, 0.5) is 0 Å². The van der Waals surface area contributed by atoms with Gasteiger partial charge in [0.25, 0.3) is 5.56 Å². The van der Waals surface area contributed by atoms with Crippen LogP contribution in [0.5, 0.6) is 5.75 Å². The third-order valence-electron chi connectivity index (χ3n) is 3.01. The van der Waals surface area contributed by atoms with Gasteiger partial charge in [-0.15, -0.1) is 0 Å². The highest BCUT2D eigenvalue weighted by Gasteiger charge is 2.32. The van der Waals surface area contributed by atoms with Crippen LogP contribution in [0.15, 0.2) is 4.79 Å². The minimum atomic E-state index is -0.580. The van der Waals surface area contributed by atoms with Crippen molar-refractivity contribution < 1.29 is 14.6 Å². The summed E-state index contributed by atoms with van der Waals surface area (Å²) >= 11 is 0. The Labute approximate surface area is 104 Å². The molecule has 0 atom stereocenters. The zero-order chi connectivity index (χ0) is 13.5. The molecule has 0 fully saturated rings. The Morgan fingerprint density at radius 3 is 2.78 bits per heavy atom. The van der Waals surface area contributed by atoms with Crippen molar-refractivity contribution in [2.45, 2.75) is 32.7 Å². The first-order valence-corrected chi connectivity index (χ1v) is 5.77. The van der Waals surface area contributed by atoms with Crippen LogP contribution in [0.1, 0.15) is 37.1 Å². The molecule has 0 unspecified atom stereocenters. The van der Waals surface area contributed by atoms with Gasteiger partial charge in [0, 0.05) is 12.3 Å². The standard InChI is InChI=1S/C12H16N2O4/c1-7(15)8-9(16)10(17)14-4-5-18-6-12(2,3)11(14)13-8/h16H,4-6H2,1-3H3. The summed E-state index contributed by atoms with van der Waals surface area (Å²) in [6.07, 6.45) is 0. The van der Waals surface area contributed by atoms with Crippen molar-refractivity contribution >= 4 is 5.78 Å². The number of hydrogen-bond donors (Lipinski definition) is 1. The predicted molar refractivity (Wildman–Crippen MR) is 64.0 cm³/mol. The topological polar surface area (TPSA) is 81.4 Å². The largest absolute Gasteiger partial charge is 0.501 e. The second-order valence-electron chi connectivity index (χ2n) is 5.08. The predicted octanol–water partition coefficient (Wildman–Crippen LogP) is 0.459. The molecule has 0 saturated heterocycles. The minimum Gasteiger partial charge on any atom is -0.501 e. The number of rotatable bonds is 1. The molecule has 98 valence electrons. The zero-order valence-electron chi connectivity index (χ0n) is 10.7. The van der Waals surface area contributed by atoms with Crippen molar-refractivity contribution in [2.75, 3.05) is 13.2 Å². The number of Topliss-reactive ketones (excluding diaryl/α,β-unsaturated/α-hetero) is 1. The lowest BCUT2D eigenvalue weighted by molar-refractivity contribution is 0.0998. The summed E-state index contributed by atoms with van der Waals surface area (Å²) in [6.45, 7) is 6.18. The summed E-state index contributed by atoms with van der Waals surface area (Å²) in [6, 6.07) is 0. The smallest absolute Gasteiger partial charge is 0.296 e. The average molecular weight is 252 g/mol. The van der Waals surface area contributed by atoms with Gasteiger partial charge >= 0.3 is 0 Å². The summed E-state index contributed by atoms with van der Waals surface area (Å²) in [7, 11) is 0. The molecule has 18 heavy (non-hydrogen) atoms. The molecular weight excluding hydrogens is 236 g/mol. The molecule has 2 rings (SSSR count). The van der Waals surface area contributed by atoms with E-state index in [-0.39, 0.29) is 5.69 Å². The molecule has 1 aliphatic heterocycles. The number of nitrogens with zero attached hydrogens (tertiary/aromatic N) is 2. The second kappa shape index (κ2) is 4.20. The van der Waals surface area contributed by atoms with Crippen LogP contribution in [-0.4, -0.2) is 33.7 Å². The van der Waals surface area contributed by atoms with Crippen molar-refractivity contribution in [1.82, 2.24) is 9.55 Å². The van der Waals surface area contributed by atoms with Crippen LogP contribution in [0, 0.1) is 0 Å². The highest BCUT2D eigenvalue weighted by molar-refractivity contribution is 5.94.